The van der Waals surface area contributed by atoms with Crippen LogP contribution in [0.25, 0.3) is 10.2 Å². The molecule has 0 unspecified atom stereocenters. The molecule has 0 amide bonds. The van der Waals surface area contributed by atoms with Gasteiger partial charge in [-0.3, -0.25) is 0 Å². The summed E-state index contributed by atoms with van der Waals surface area (Å²) in [6.45, 7) is 4.00. The molecule has 0 fully saturated rings. The zero-order valence-electron chi connectivity index (χ0n) is 9.72. The van der Waals surface area contributed by atoms with Crippen LogP contribution in [0.3, 0.4) is 0 Å². The molecule has 2 nitrogen and oxygen atoms in total. The van der Waals surface area contributed by atoms with Gasteiger partial charge in [-0.1, -0.05) is 25.2 Å². The summed E-state index contributed by atoms with van der Waals surface area (Å²) in [6.07, 6.45) is -4.29. The van der Waals surface area contributed by atoms with E-state index in [4.69, 9.17) is 0 Å². The molecule has 2 rings (SSSR count). The normalized spacial score (nSPS) is 10.9. The van der Waals surface area contributed by atoms with Crippen LogP contribution in [-0.4, -0.2) is 12.0 Å². The maximum atomic E-state index is 12.4. The maximum absolute atomic E-state index is 12.4. The van der Waals surface area contributed by atoms with Gasteiger partial charge in [0, 0.05) is 7.05 Å². The molecule has 1 heterocycles. The molecule has 0 atom stereocenters. The van der Waals surface area contributed by atoms with Crippen LogP contribution in [0.2, 0.25) is 0 Å². The Kier molecular flexibility index (Phi) is 4.34. The average Bonchev–Trinajstić information content (AvgIpc) is 2.72. The molecule has 1 aromatic heterocycles. The minimum Gasteiger partial charge on any atom is -0.365 e. The summed E-state index contributed by atoms with van der Waals surface area (Å²) in [5, 5.41) is 3.42. The highest BCUT2D eigenvalue weighted by atomic mass is 32.1. The van der Waals surface area contributed by atoms with E-state index in [1.165, 1.54) is 17.4 Å². The van der Waals surface area contributed by atoms with Crippen LogP contribution in [0.1, 0.15) is 19.4 Å². The van der Waals surface area contributed by atoms with Gasteiger partial charge in [0.05, 0.1) is 15.8 Å². The van der Waals surface area contributed by atoms with Crippen LogP contribution in [0.15, 0.2) is 18.2 Å². The van der Waals surface area contributed by atoms with Gasteiger partial charge in [-0.05, 0) is 18.2 Å². The third-order valence-electron chi connectivity index (χ3n) is 1.93. The van der Waals surface area contributed by atoms with Crippen molar-refractivity contribution in [1.82, 2.24) is 4.98 Å². The van der Waals surface area contributed by atoms with Crippen molar-refractivity contribution in [3.63, 3.8) is 0 Å². The van der Waals surface area contributed by atoms with E-state index in [1.54, 1.807) is 7.05 Å². The van der Waals surface area contributed by atoms with Crippen LogP contribution in [0.5, 0.6) is 0 Å². The summed E-state index contributed by atoms with van der Waals surface area (Å²) in [5.74, 6) is 0. The van der Waals surface area contributed by atoms with Crippen LogP contribution in [0.4, 0.5) is 18.3 Å². The van der Waals surface area contributed by atoms with E-state index in [9.17, 15) is 13.2 Å². The number of benzene rings is 1. The quantitative estimate of drug-likeness (QED) is 0.824. The standard InChI is InChI=1S/C9H7F3N2S.C2H6/c1-13-8-14-6-3-2-5(9(10,11)12)4-7(6)15-8;1-2/h2-4H,1H3,(H,13,14);1-2H3. The fraction of sp³-hybridized carbons (Fsp3) is 0.364. The summed E-state index contributed by atoms with van der Waals surface area (Å²) < 4.78 is 37.7. The largest absolute Gasteiger partial charge is 0.416 e. The number of aromatic nitrogens is 1. The Morgan fingerprint density at radius 2 is 1.88 bits per heavy atom. The molecule has 1 aromatic carbocycles. The molecule has 0 saturated carbocycles. The second kappa shape index (κ2) is 5.35. The fourth-order valence-corrected chi connectivity index (χ4v) is 2.07. The van der Waals surface area contributed by atoms with Crippen LogP contribution in [-0.2, 0) is 6.18 Å². The highest BCUT2D eigenvalue weighted by Gasteiger charge is 2.30. The van der Waals surface area contributed by atoms with Crippen molar-refractivity contribution in [2.45, 2.75) is 20.0 Å². The Morgan fingerprint density at radius 1 is 1.24 bits per heavy atom. The minimum absolute atomic E-state index is 0.536. The number of fused-ring (bicyclic) bond motifs is 1. The Bertz CT molecular complexity index is 491. The number of halogens is 3. The number of nitrogens with zero attached hydrogens (tertiary/aromatic N) is 1. The van der Waals surface area contributed by atoms with Gasteiger partial charge in [-0.15, -0.1) is 0 Å². The predicted molar refractivity (Wildman–Crippen MR) is 65.5 cm³/mol. The van der Waals surface area contributed by atoms with Gasteiger partial charge in [-0.2, -0.15) is 13.2 Å². The van der Waals surface area contributed by atoms with Crippen molar-refractivity contribution >= 4 is 26.7 Å². The van der Waals surface area contributed by atoms with E-state index in [0.717, 1.165) is 12.1 Å². The van der Waals surface area contributed by atoms with Gasteiger partial charge in [0.2, 0.25) is 0 Å². The van der Waals surface area contributed by atoms with Crippen LogP contribution in [0, 0.1) is 0 Å². The first kappa shape index (κ1) is 13.8. The summed E-state index contributed by atoms with van der Waals surface area (Å²) in [6, 6.07) is 3.55. The summed E-state index contributed by atoms with van der Waals surface area (Å²) in [5.41, 5.74) is -0.0568. The maximum Gasteiger partial charge on any atom is 0.416 e. The number of thiazole rings is 1. The number of rotatable bonds is 1. The van der Waals surface area contributed by atoms with Crippen molar-refractivity contribution in [2.75, 3.05) is 12.4 Å². The summed E-state index contributed by atoms with van der Waals surface area (Å²) >= 11 is 1.21. The summed E-state index contributed by atoms with van der Waals surface area (Å²) in [4.78, 5) is 4.09. The van der Waals surface area contributed by atoms with Gasteiger partial charge in [0.1, 0.15) is 0 Å². The molecular formula is C11H13F3N2S. The van der Waals surface area contributed by atoms with Crippen LogP contribution < -0.4 is 5.32 Å². The van der Waals surface area contributed by atoms with E-state index in [-0.39, 0.29) is 0 Å². The highest BCUT2D eigenvalue weighted by molar-refractivity contribution is 7.22. The topological polar surface area (TPSA) is 24.9 Å². The zero-order chi connectivity index (χ0) is 13.1. The molecular weight excluding hydrogens is 249 g/mol. The van der Waals surface area contributed by atoms with E-state index < -0.39 is 11.7 Å². The van der Waals surface area contributed by atoms with Crippen molar-refractivity contribution in [3.8, 4) is 0 Å². The fourth-order valence-electron chi connectivity index (χ4n) is 1.21. The Labute approximate surface area is 101 Å². The van der Waals surface area contributed by atoms with Gasteiger partial charge in [0.25, 0.3) is 0 Å². The van der Waals surface area contributed by atoms with E-state index >= 15 is 0 Å². The molecule has 0 aliphatic heterocycles. The molecule has 0 saturated heterocycles. The molecule has 0 aliphatic rings. The third kappa shape index (κ3) is 3.09. The lowest BCUT2D eigenvalue weighted by Crippen LogP contribution is -2.03. The average molecular weight is 262 g/mol. The van der Waals surface area contributed by atoms with Gasteiger partial charge < -0.3 is 5.32 Å². The molecule has 94 valence electrons. The lowest BCUT2D eigenvalue weighted by atomic mass is 10.2. The van der Waals surface area contributed by atoms with E-state index in [0.29, 0.717) is 15.3 Å². The van der Waals surface area contributed by atoms with Crippen molar-refractivity contribution < 1.29 is 13.2 Å². The second-order valence-corrected chi connectivity index (χ2v) is 3.98. The smallest absolute Gasteiger partial charge is 0.365 e. The van der Waals surface area contributed by atoms with Gasteiger partial charge in [-0.25, -0.2) is 4.98 Å². The monoisotopic (exact) mass is 262 g/mol. The molecule has 1 N–H and O–H groups in total. The molecule has 2 aromatic rings. The Hall–Kier alpha value is -1.30. The molecule has 0 aliphatic carbocycles. The SMILES string of the molecule is CC.CNc1nc2ccc(C(F)(F)F)cc2s1. The first-order valence-corrected chi connectivity index (χ1v) is 5.98. The number of hydrogen-bond acceptors (Lipinski definition) is 3. The van der Waals surface area contributed by atoms with Gasteiger partial charge in [0.15, 0.2) is 5.13 Å². The lowest BCUT2D eigenvalue weighted by molar-refractivity contribution is -0.137. The van der Waals surface area contributed by atoms with Crippen molar-refractivity contribution in [1.29, 1.82) is 0 Å². The number of hydrogen-bond donors (Lipinski definition) is 1. The second-order valence-electron chi connectivity index (χ2n) is 2.95. The number of alkyl halides is 3. The van der Waals surface area contributed by atoms with Crippen LogP contribution >= 0.6 is 11.3 Å². The molecule has 0 radical (unpaired) electrons. The van der Waals surface area contributed by atoms with Gasteiger partial charge >= 0.3 is 6.18 Å². The van der Waals surface area contributed by atoms with E-state index in [2.05, 4.69) is 10.3 Å². The lowest BCUT2D eigenvalue weighted by Gasteiger charge is -2.04. The molecule has 0 spiro atoms. The Morgan fingerprint density at radius 3 is 2.41 bits per heavy atom. The summed E-state index contributed by atoms with van der Waals surface area (Å²) in [7, 11) is 1.68. The molecule has 0 bridgehead atoms. The first-order chi connectivity index (χ1) is 8.00. The number of anilines is 1. The third-order valence-corrected chi connectivity index (χ3v) is 2.97. The predicted octanol–water partition coefficient (Wildman–Crippen LogP) is 4.38. The van der Waals surface area contributed by atoms with Crippen molar-refractivity contribution in [3.05, 3.63) is 23.8 Å². The highest BCUT2D eigenvalue weighted by Crippen LogP contribution is 2.34. The number of nitrogens with one attached hydrogen (secondary N) is 1. The minimum atomic E-state index is -4.29. The van der Waals surface area contributed by atoms with E-state index in [1.807, 2.05) is 13.8 Å². The van der Waals surface area contributed by atoms with Crippen molar-refractivity contribution in [2.24, 2.45) is 0 Å². The first-order valence-electron chi connectivity index (χ1n) is 5.16. The zero-order valence-corrected chi connectivity index (χ0v) is 10.5. The molecule has 6 heteroatoms. The molecule has 17 heavy (non-hydrogen) atoms. The Balaban J connectivity index is 0.000000686.